The van der Waals surface area contributed by atoms with Gasteiger partial charge in [-0.2, -0.15) is 0 Å². The largest absolute Gasteiger partial charge is 0.347 e. The average molecular weight is 383 g/mol. The molecule has 0 saturated heterocycles. The summed E-state index contributed by atoms with van der Waals surface area (Å²) in [7, 11) is 5.51. The number of benzene rings is 1. The number of unbranched alkanes of at least 4 members (excludes halogenated alkanes) is 1. The van der Waals surface area contributed by atoms with Crippen LogP contribution in [0, 0.1) is 0 Å². The van der Waals surface area contributed by atoms with Gasteiger partial charge in [0.15, 0.2) is 5.96 Å². The second-order valence-electron chi connectivity index (χ2n) is 5.68. The van der Waals surface area contributed by atoms with Gasteiger partial charge in [0.1, 0.15) is 0 Å². The van der Waals surface area contributed by atoms with Crippen molar-refractivity contribution in [3.8, 4) is 0 Å². The first-order chi connectivity index (χ1) is 10.9. The van der Waals surface area contributed by atoms with Gasteiger partial charge in [0, 0.05) is 32.2 Å². The number of carbonyl (C=O) groups is 1. The van der Waals surface area contributed by atoms with Crippen LogP contribution in [-0.2, 0) is 11.3 Å². The van der Waals surface area contributed by atoms with Gasteiger partial charge in [-0.1, -0.05) is 41.4 Å². The molecule has 0 aliphatic rings. The van der Waals surface area contributed by atoms with Crippen molar-refractivity contribution < 1.29 is 4.79 Å². The highest BCUT2D eigenvalue weighted by atomic mass is 79.9. The van der Waals surface area contributed by atoms with Crippen LogP contribution in [0.3, 0.4) is 0 Å². The molecule has 0 bridgehead atoms. The van der Waals surface area contributed by atoms with Crippen molar-refractivity contribution in [1.82, 2.24) is 15.1 Å². The van der Waals surface area contributed by atoms with Crippen LogP contribution in [0.4, 0.5) is 0 Å². The number of rotatable bonds is 7. The molecule has 1 aromatic carbocycles. The molecule has 0 aliphatic carbocycles. The summed E-state index contributed by atoms with van der Waals surface area (Å²) in [5, 5.41) is 3.17. The third kappa shape index (κ3) is 7.50. The SMILES string of the molecule is CCCCN(C)C(=NCc1ccc(Br)cc1)NCC(=O)N(C)C. The number of aliphatic imine (C=N–C) groups is 1. The third-order valence-corrected chi connectivity index (χ3v) is 3.96. The predicted octanol–water partition coefficient (Wildman–Crippen LogP) is 2.71. The maximum atomic E-state index is 11.8. The molecule has 23 heavy (non-hydrogen) atoms. The summed E-state index contributed by atoms with van der Waals surface area (Å²) in [6, 6.07) is 8.10. The lowest BCUT2D eigenvalue weighted by Crippen LogP contribution is -2.44. The molecule has 1 aromatic rings. The van der Waals surface area contributed by atoms with Crippen molar-refractivity contribution in [2.24, 2.45) is 4.99 Å². The Morgan fingerprint density at radius 3 is 2.43 bits per heavy atom. The van der Waals surface area contributed by atoms with Crippen molar-refractivity contribution in [3.63, 3.8) is 0 Å². The van der Waals surface area contributed by atoms with Gasteiger partial charge in [-0.3, -0.25) is 4.79 Å². The quantitative estimate of drug-likeness (QED) is 0.582. The maximum Gasteiger partial charge on any atom is 0.241 e. The highest BCUT2D eigenvalue weighted by Gasteiger charge is 2.09. The Morgan fingerprint density at radius 2 is 1.87 bits per heavy atom. The smallest absolute Gasteiger partial charge is 0.241 e. The van der Waals surface area contributed by atoms with E-state index in [1.807, 2.05) is 31.3 Å². The zero-order valence-electron chi connectivity index (χ0n) is 14.5. The fourth-order valence-electron chi connectivity index (χ4n) is 1.88. The van der Waals surface area contributed by atoms with E-state index in [4.69, 9.17) is 0 Å². The Morgan fingerprint density at radius 1 is 1.22 bits per heavy atom. The first-order valence-electron chi connectivity index (χ1n) is 7.88. The molecule has 0 atom stereocenters. The highest BCUT2D eigenvalue weighted by molar-refractivity contribution is 9.10. The second-order valence-corrected chi connectivity index (χ2v) is 6.60. The molecule has 6 heteroatoms. The number of carbonyl (C=O) groups excluding carboxylic acids is 1. The minimum Gasteiger partial charge on any atom is -0.347 e. The monoisotopic (exact) mass is 382 g/mol. The summed E-state index contributed by atoms with van der Waals surface area (Å²) in [4.78, 5) is 20.1. The van der Waals surface area contributed by atoms with E-state index in [0.29, 0.717) is 6.54 Å². The Labute approximate surface area is 147 Å². The summed E-state index contributed by atoms with van der Waals surface area (Å²) in [5.74, 6) is 0.793. The topological polar surface area (TPSA) is 47.9 Å². The molecule has 128 valence electrons. The summed E-state index contributed by atoms with van der Waals surface area (Å²) in [5.41, 5.74) is 1.13. The number of hydrogen-bond acceptors (Lipinski definition) is 2. The molecule has 0 saturated carbocycles. The van der Waals surface area contributed by atoms with Gasteiger partial charge in [0.05, 0.1) is 13.1 Å². The van der Waals surface area contributed by atoms with Crippen LogP contribution in [-0.4, -0.2) is 55.9 Å². The van der Waals surface area contributed by atoms with E-state index in [2.05, 4.69) is 38.1 Å². The molecular formula is C17H27BrN4O. The van der Waals surface area contributed by atoms with E-state index in [-0.39, 0.29) is 12.5 Å². The number of halogens is 1. The minimum atomic E-state index is 0.0326. The number of nitrogens with one attached hydrogen (secondary N) is 1. The van der Waals surface area contributed by atoms with Crippen LogP contribution in [0.5, 0.6) is 0 Å². The Kier molecular flexibility index (Phi) is 8.69. The van der Waals surface area contributed by atoms with Gasteiger partial charge in [-0.15, -0.1) is 0 Å². The van der Waals surface area contributed by atoms with Crippen molar-refractivity contribution in [2.75, 3.05) is 34.2 Å². The van der Waals surface area contributed by atoms with E-state index >= 15 is 0 Å². The maximum absolute atomic E-state index is 11.8. The van der Waals surface area contributed by atoms with Gasteiger partial charge in [-0.05, 0) is 24.1 Å². The molecule has 0 fully saturated rings. The lowest BCUT2D eigenvalue weighted by Gasteiger charge is -2.23. The first kappa shape index (κ1) is 19.5. The van der Waals surface area contributed by atoms with E-state index in [1.165, 1.54) is 0 Å². The van der Waals surface area contributed by atoms with Crippen molar-refractivity contribution in [2.45, 2.75) is 26.3 Å². The molecule has 0 aromatic heterocycles. The van der Waals surface area contributed by atoms with Crippen LogP contribution in [0.2, 0.25) is 0 Å². The van der Waals surface area contributed by atoms with Crippen molar-refractivity contribution >= 4 is 27.8 Å². The number of nitrogens with zero attached hydrogens (tertiary/aromatic N) is 3. The molecule has 1 rings (SSSR count). The van der Waals surface area contributed by atoms with E-state index in [9.17, 15) is 4.79 Å². The summed E-state index contributed by atoms with van der Waals surface area (Å²) < 4.78 is 1.06. The zero-order chi connectivity index (χ0) is 17.2. The normalized spacial score (nSPS) is 11.3. The standard InChI is InChI=1S/C17H27BrN4O/c1-5-6-11-22(4)17(20-13-16(23)21(2)3)19-12-14-7-9-15(18)10-8-14/h7-10H,5-6,11-13H2,1-4H3,(H,19,20). The van der Waals surface area contributed by atoms with Gasteiger partial charge in [0.2, 0.25) is 5.91 Å². The molecule has 0 spiro atoms. The molecule has 5 nitrogen and oxygen atoms in total. The molecule has 0 heterocycles. The van der Waals surface area contributed by atoms with Crippen LogP contribution in [0.15, 0.2) is 33.7 Å². The Hall–Kier alpha value is -1.56. The number of amides is 1. The van der Waals surface area contributed by atoms with Crippen molar-refractivity contribution in [1.29, 1.82) is 0 Å². The van der Waals surface area contributed by atoms with Crippen molar-refractivity contribution in [3.05, 3.63) is 34.3 Å². The Balaban J connectivity index is 2.73. The second kappa shape index (κ2) is 10.3. The van der Waals surface area contributed by atoms with Gasteiger partial charge in [0.25, 0.3) is 0 Å². The van der Waals surface area contributed by atoms with Gasteiger partial charge >= 0.3 is 0 Å². The molecule has 0 aliphatic heterocycles. The zero-order valence-corrected chi connectivity index (χ0v) is 16.1. The van der Waals surface area contributed by atoms with Crippen LogP contribution in [0.1, 0.15) is 25.3 Å². The lowest BCUT2D eigenvalue weighted by atomic mass is 10.2. The van der Waals surface area contributed by atoms with Gasteiger partial charge in [-0.25, -0.2) is 4.99 Å². The number of hydrogen-bond donors (Lipinski definition) is 1. The molecular weight excluding hydrogens is 356 g/mol. The Bertz CT molecular complexity index is 514. The molecule has 1 N–H and O–H groups in total. The first-order valence-corrected chi connectivity index (χ1v) is 8.67. The summed E-state index contributed by atoms with van der Waals surface area (Å²) in [6.45, 7) is 3.92. The highest BCUT2D eigenvalue weighted by Crippen LogP contribution is 2.11. The number of likely N-dealkylation sites (N-methyl/N-ethyl adjacent to an activating group) is 1. The van der Waals surface area contributed by atoms with E-state index in [1.54, 1.807) is 19.0 Å². The van der Waals surface area contributed by atoms with Crippen LogP contribution >= 0.6 is 15.9 Å². The third-order valence-electron chi connectivity index (χ3n) is 3.43. The minimum absolute atomic E-state index is 0.0326. The average Bonchev–Trinajstić information content (AvgIpc) is 2.53. The number of guanidine groups is 1. The predicted molar refractivity (Wildman–Crippen MR) is 99.5 cm³/mol. The molecule has 1 amide bonds. The van der Waals surface area contributed by atoms with E-state index < -0.39 is 0 Å². The van der Waals surface area contributed by atoms with E-state index in [0.717, 1.165) is 35.4 Å². The lowest BCUT2D eigenvalue weighted by molar-refractivity contribution is -0.127. The summed E-state index contributed by atoms with van der Waals surface area (Å²) >= 11 is 3.43. The fraction of sp³-hybridized carbons (Fsp3) is 0.529. The fourth-order valence-corrected chi connectivity index (χ4v) is 2.15. The molecule has 0 radical (unpaired) electrons. The molecule has 0 unspecified atom stereocenters. The van der Waals surface area contributed by atoms with Crippen LogP contribution in [0.25, 0.3) is 0 Å². The summed E-state index contributed by atoms with van der Waals surface area (Å²) in [6.07, 6.45) is 2.22. The van der Waals surface area contributed by atoms with Gasteiger partial charge < -0.3 is 15.1 Å². The van der Waals surface area contributed by atoms with Crippen LogP contribution < -0.4 is 5.32 Å².